The van der Waals surface area contributed by atoms with E-state index in [2.05, 4.69) is 11.2 Å². The Hall–Kier alpha value is -1.48. The maximum atomic E-state index is 11.4. The molecule has 1 amide bonds. The number of nitrogens with zero attached hydrogens (tertiary/aromatic N) is 1. The summed E-state index contributed by atoms with van der Waals surface area (Å²) in [6.45, 7) is 4.96. The van der Waals surface area contributed by atoms with E-state index in [0.29, 0.717) is 6.42 Å². The zero-order valence-electron chi connectivity index (χ0n) is 8.22. The lowest BCUT2D eigenvalue weighted by Crippen LogP contribution is -2.40. The fraction of sp³-hybridized carbons (Fsp3) is 0.600. The number of nitrogens with one attached hydrogen (secondary N) is 1. The highest BCUT2D eigenvalue weighted by Gasteiger charge is 2.27. The summed E-state index contributed by atoms with van der Waals surface area (Å²) in [6.07, 6.45) is 5.56. The second kappa shape index (κ2) is 4.52. The predicted octanol–water partition coefficient (Wildman–Crippen LogP) is 1.06. The zero-order valence-corrected chi connectivity index (χ0v) is 8.22. The average Bonchev–Trinajstić information content (AvgIpc) is 2.04. The van der Waals surface area contributed by atoms with Crippen LogP contribution in [0.5, 0.6) is 0 Å². The van der Waals surface area contributed by atoms with Crippen LogP contribution in [0, 0.1) is 29.1 Å². The van der Waals surface area contributed by atoms with Crippen molar-refractivity contribution < 1.29 is 4.79 Å². The third-order valence-electron chi connectivity index (χ3n) is 1.65. The van der Waals surface area contributed by atoms with Crippen molar-refractivity contribution in [1.29, 1.82) is 5.26 Å². The summed E-state index contributed by atoms with van der Waals surface area (Å²) in [4.78, 5) is 11.4. The Bertz CT molecular complexity index is 268. The van der Waals surface area contributed by atoms with Crippen LogP contribution in [0.4, 0.5) is 0 Å². The van der Waals surface area contributed by atoms with Crippen LogP contribution in [0.1, 0.15) is 27.2 Å². The molecule has 0 saturated carbocycles. The lowest BCUT2D eigenvalue weighted by atomic mass is 9.94. The van der Waals surface area contributed by atoms with E-state index in [0.717, 1.165) is 0 Å². The molecule has 0 heterocycles. The second-order valence-electron chi connectivity index (χ2n) is 3.52. The van der Waals surface area contributed by atoms with Gasteiger partial charge in [-0.05, 0) is 20.8 Å². The summed E-state index contributed by atoms with van der Waals surface area (Å²) in [5.41, 5.74) is -0.983. The van der Waals surface area contributed by atoms with Gasteiger partial charge in [-0.3, -0.25) is 4.79 Å². The molecule has 0 spiro atoms. The molecule has 0 radical (unpaired) electrons. The van der Waals surface area contributed by atoms with Crippen LogP contribution in [-0.2, 0) is 4.79 Å². The third kappa shape index (κ3) is 3.62. The highest BCUT2D eigenvalue weighted by atomic mass is 16.2. The Morgan fingerprint density at radius 3 is 2.62 bits per heavy atom. The Kier molecular flexibility index (Phi) is 4.01. The maximum Gasteiger partial charge on any atom is 0.240 e. The van der Waals surface area contributed by atoms with Crippen LogP contribution < -0.4 is 5.32 Å². The van der Waals surface area contributed by atoms with E-state index >= 15 is 0 Å². The van der Waals surface area contributed by atoms with Gasteiger partial charge in [0.25, 0.3) is 0 Å². The molecule has 13 heavy (non-hydrogen) atoms. The molecule has 70 valence electrons. The number of rotatable bonds is 3. The molecule has 0 saturated heterocycles. The van der Waals surface area contributed by atoms with Gasteiger partial charge in [-0.2, -0.15) is 5.26 Å². The SMILES string of the molecule is C#CCC(C)NC(=O)C(C)(C)C#N. The summed E-state index contributed by atoms with van der Waals surface area (Å²) in [5.74, 6) is 2.16. The first-order chi connectivity index (χ1) is 5.94. The van der Waals surface area contributed by atoms with E-state index in [1.54, 1.807) is 13.8 Å². The van der Waals surface area contributed by atoms with E-state index in [1.807, 2.05) is 13.0 Å². The number of carbonyl (C=O) groups is 1. The Balaban J connectivity index is 4.19. The Labute approximate surface area is 79.1 Å². The Morgan fingerprint density at radius 2 is 2.23 bits per heavy atom. The summed E-state index contributed by atoms with van der Waals surface area (Å²) >= 11 is 0. The molecule has 0 aliphatic heterocycles. The smallest absolute Gasteiger partial charge is 0.240 e. The zero-order chi connectivity index (χ0) is 10.5. The number of terminal acetylenes is 1. The first-order valence-electron chi connectivity index (χ1n) is 4.09. The maximum absolute atomic E-state index is 11.4. The van der Waals surface area contributed by atoms with Crippen LogP contribution in [-0.4, -0.2) is 11.9 Å². The normalized spacial score (nSPS) is 12.4. The van der Waals surface area contributed by atoms with Gasteiger partial charge in [-0.25, -0.2) is 0 Å². The van der Waals surface area contributed by atoms with Crippen LogP contribution in [0.25, 0.3) is 0 Å². The summed E-state index contributed by atoms with van der Waals surface area (Å²) in [6, 6.07) is 1.85. The van der Waals surface area contributed by atoms with Crippen molar-refractivity contribution in [2.24, 2.45) is 5.41 Å². The van der Waals surface area contributed by atoms with Crippen molar-refractivity contribution in [1.82, 2.24) is 5.32 Å². The molecule has 0 aromatic carbocycles. The molecule has 0 aromatic rings. The minimum absolute atomic E-state index is 0.0786. The molecule has 3 nitrogen and oxygen atoms in total. The van der Waals surface area contributed by atoms with Crippen LogP contribution in [0.3, 0.4) is 0 Å². The number of amides is 1. The average molecular weight is 178 g/mol. The molecule has 1 atom stereocenters. The number of nitriles is 1. The Morgan fingerprint density at radius 1 is 1.69 bits per heavy atom. The van der Waals surface area contributed by atoms with Gasteiger partial charge in [-0.1, -0.05) is 0 Å². The van der Waals surface area contributed by atoms with E-state index in [-0.39, 0.29) is 11.9 Å². The predicted molar refractivity (Wildman–Crippen MR) is 50.4 cm³/mol. The number of hydrogen-bond donors (Lipinski definition) is 1. The van der Waals surface area contributed by atoms with E-state index < -0.39 is 5.41 Å². The summed E-state index contributed by atoms with van der Waals surface area (Å²) in [5, 5.41) is 11.3. The van der Waals surface area contributed by atoms with Crippen molar-refractivity contribution >= 4 is 5.91 Å². The topological polar surface area (TPSA) is 52.9 Å². The fourth-order valence-electron chi connectivity index (χ4n) is 0.683. The minimum atomic E-state index is -0.983. The molecule has 0 aromatic heterocycles. The molecule has 0 bridgehead atoms. The van der Waals surface area contributed by atoms with E-state index in [9.17, 15) is 4.79 Å². The highest BCUT2D eigenvalue weighted by molar-refractivity contribution is 5.84. The molecular weight excluding hydrogens is 164 g/mol. The van der Waals surface area contributed by atoms with Gasteiger partial charge < -0.3 is 5.32 Å². The fourth-order valence-corrected chi connectivity index (χ4v) is 0.683. The van der Waals surface area contributed by atoms with E-state index in [4.69, 9.17) is 11.7 Å². The first-order valence-corrected chi connectivity index (χ1v) is 4.09. The second-order valence-corrected chi connectivity index (χ2v) is 3.52. The lowest BCUT2D eigenvalue weighted by Gasteiger charge is -2.18. The standard InChI is InChI=1S/C10H14N2O/c1-5-6-8(2)12-9(13)10(3,4)7-11/h1,8H,6H2,2-4H3,(H,12,13). The quantitative estimate of drug-likeness (QED) is 0.657. The van der Waals surface area contributed by atoms with Gasteiger partial charge in [-0.15, -0.1) is 12.3 Å². The number of carbonyl (C=O) groups excluding carboxylic acids is 1. The molecule has 0 fully saturated rings. The molecule has 0 aliphatic carbocycles. The van der Waals surface area contributed by atoms with Gasteiger partial charge in [0, 0.05) is 12.5 Å². The van der Waals surface area contributed by atoms with E-state index in [1.165, 1.54) is 0 Å². The minimum Gasteiger partial charge on any atom is -0.351 e. The van der Waals surface area contributed by atoms with Crippen molar-refractivity contribution in [3.8, 4) is 18.4 Å². The highest BCUT2D eigenvalue weighted by Crippen LogP contribution is 2.13. The first kappa shape index (κ1) is 11.5. The largest absolute Gasteiger partial charge is 0.351 e. The van der Waals surface area contributed by atoms with Crippen molar-refractivity contribution in [3.05, 3.63) is 0 Å². The van der Waals surface area contributed by atoms with Crippen LogP contribution in [0.15, 0.2) is 0 Å². The van der Waals surface area contributed by atoms with Crippen LogP contribution >= 0.6 is 0 Å². The molecule has 1 N–H and O–H groups in total. The monoisotopic (exact) mass is 178 g/mol. The van der Waals surface area contributed by atoms with Gasteiger partial charge in [0.1, 0.15) is 5.41 Å². The van der Waals surface area contributed by atoms with Gasteiger partial charge in [0.15, 0.2) is 0 Å². The van der Waals surface area contributed by atoms with Crippen LogP contribution in [0.2, 0.25) is 0 Å². The van der Waals surface area contributed by atoms with Gasteiger partial charge in [0.2, 0.25) is 5.91 Å². The third-order valence-corrected chi connectivity index (χ3v) is 1.65. The summed E-state index contributed by atoms with van der Waals surface area (Å²) < 4.78 is 0. The van der Waals surface area contributed by atoms with Crippen molar-refractivity contribution in [2.75, 3.05) is 0 Å². The molecule has 0 rings (SSSR count). The molecule has 0 aliphatic rings. The lowest BCUT2D eigenvalue weighted by molar-refractivity contribution is -0.127. The molecular formula is C10H14N2O. The summed E-state index contributed by atoms with van der Waals surface area (Å²) in [7, 11) is 0. The van der Waals surface area contributed by atoms with Crippen molar-refractivity contribution in [3.63, 3.8) is 0 Å². The van der Waals surface area contributed by atoms with Gasteiger partial charge in [0.05, 0.1) is 6.07 Å². The molecule has 1 unspecified atom stereocenters. The molecule has 3 heteroatoms. The van der Waals surface area contributed by atoms with Crippen molar-refractivity contribution in [2.45, 2.75) is 33.2 Å². The number of hydrogen-bond acceptors (Lipinski definition) is 2. The van der Waals surface area contributed by atoms with Gasteiger partial charge >= 0.3 is 0 Å².